The highest BCUT2D eigenvalue weighted by Crippen LogP contribution is 2.12. The van der Waals surface area contributed by atoms with Crippen LogP contribution in [-0.4, -0.2) is 26.8 Å². The van der Waals surface area contributed by atoms with Gasteiger partial charge < -0.3 is 10.1 Å². The van der Waals surface area contributed by atoms with Gasteiger partial charge in [0.2, 0.25) is 5.91 Å². The van der Waals surface area contributed by atoms with E-state index in [1.807, 2.05) is 0 Å². The summed E-state index contributed by atoms with van der Waals surface area (Å²) in [5, 5.41) is 17.7. The topological polar surface area (TPSA) is 102 Å². The van der Waals surface area contributed by atoms with Crippen LogP contribution >= 0.6 is 11.3 Å². The summed E-state index contributed by atoms with van der Waals surface area (Å²) in [6, 6.07) is 4.19. The predicted molar refractivity (Wildman–Crippen MR) is 78.2 cm³/mol. The van der Waals surface area contributed by atoms with Crippen LogP contribution in [0, 0.1) is 22.2 Å². The average molecular weight is 325 g/mol. The molecule has 0 unspecified atom stereocenters. The summed E-state index contributed by atoms with van der Waals surface area (Å²) in [6.45, 7) is 1.87. The smallest absolute Gasteiger partial charge is 0.358 e. The number of nitro groups is 1. The molecular weight excluding hydrogens is 313 g/mol. The Morgan fingerprint density at radius 3 is 3.00 bits per heavy atom. The van der Waals surface area contributed by atoms with Crippen molar-refractivity contribution in [1.82, 2.24) is 15.2 Å². The number of rotatable bonds is 6. The summed E-state index contributed by atoms with van der Waals surface area (Å²) < 4.78 is 14.1. The number of aromatic nitrogens is 2. The molecule has 0 aliphatic rings. The van der Waals surface area contributed by atoms with Gasteiger partial charge in [-0.15, -0.1) is 11.3 Å². The Hall–Kier alpha value is -2.62. The van der Waals surface area contributed by atoms with Crippen LogP contribution in [0.4, 0.5) is 10.2 Å². The number of nitrogens with one attached hydrogen (secondary N) is 1. The lowest BCUT2D eigenvalue weighted by Crippen LogP contribution is -2.20. The molecule has 2 rings (SSSR count). The normalized spacial score (nSPS) is 11.0. The third-order valence-corrected chi connectivity index (χ3v) is 3.49. The summed E-state index contributed by atoms with van der Waals surface area (Å²) in [5.74, 6) is -0.624. The zero-order chi connectivity index (χ0) is 16.1. The van der Waals surface area contributed by atoms with Gasteiger partial charge in [0.25, 0.3) is 0 Å². The van der Waals surface area contributed by atoms with Crippen molar-refractivity contribution in [3.05, 3.63) is 44.0 Å². The molecule has 0 atom stereocenters. The highest BCUT2D eigenvalue weighted by atomic mass is 32.1. The Morgan fingerprint density at radius 2 is 2.41 bits per heavy atom. The lowest BCUT2D eigenvalue weighted by Gasteiger charge is -1.99. The van der Waals surface area contributed by atoms with E-state index in [2.05, 4.69) is 15.6 Å². The molecule has 1 N–H and O–H groups in total. The Kier molecular flexibility index (Phi) is 4.94. The minimum Gasteiger partial charge on any atom is -0.358 e. The van der Waals surface area contributed by atoms with Crippen molar-refractivity contribution in [2.45, 2.75) is 19.9 Å². The summed E-state index contributed by atoms with van der Waals surface area (Å²) >= 11 is 0.912. The van der Waals surface area contributed by atoms with E-state index in [4.69, 9.17) is 0 Å². The van der Waals surface area contributed by atoms with E-state index in [-0.39, 0.29) is 29.8 Å². The minimum atomic E-state index is -0.589. The van der Waals surface area contributed by atoms with Gasteiger partial charge in [0.15, 0.2) is 5.13 Å². The van der Waals surface area contributed by atoms with Crippen LogP contribution in [0.2, 0.25) is 0 Å². The molecule has 0 radical (unpaired) electrons. The quantitative estimate of drug-likeness (QED) is 0.497. The van der Waals surface area contributed by atoms with Crippen molar-refractivity contribution >= 4 is 29.3 Å². The molecule has 116 valence electrons. The zero-order valence-corrected chi connectivity index (χ0v) is 12.3. The third-order valence-electron chi connectivity index (χ3n) is 2.68. The van der Waals surface area contributed by atoms with Crippen LogP contribution in [-0.2, 0) is 11.3 Å². The number of hydrogen-bond acceptors (Lipinski definition) is 6. The van der Waals surface area contributed by atoms with Crippen molar-refractivity contribution in [1.29, 1.82) is 0 Å². The number of halogens is 1. The lowest BCUT2D eigenvalue weighted by atomic mass is 10.4. The molecule has 1 amide bonds. The average Bonchev–Trinajstić information content (AvgIpc) is 3.03. The summed E-state index contributed by atoms with van der Waals surface area (Å²) in [6.07, 6.45) is 1.41. The minimum absolute atomic E-state index is 0.0653. The molecule has 0 saturated heterocycles. The number of carbonyl (C=O) groups is 1. The Bertz CT molecular complexity index is 724. The molecule has 2 aromatic heterocycles. The van der Waals surface area contributed by atoms with Crippen molar-refractivity contribution < 1.29 is 14.1 Å². The molecule has 2 aromatic rings. The monoisotopic (exact) mass is 325 g/mol. The highest BCUT2D eigenvalue weighted by Gasteiger charge is 2.15. The molecule has 10 heteroatoms. The Labute approximate surface area is 128 Å². The summed E-state index contributed by atoms with van der Waals surface area (Å²) in [4.78, 5) is 22.2. The maximum absolute atomic E-state index is 12.7. The van der Waals surface area contributed by atoms with Gasteiger partial charge in [-0.25, -0.2) is 5.43 Å². The van der Waals surface area contributed by atoms with Crippen LogP contribution in [0.15, 0.2) is 23.3 Å². The van der Waals surface area contributed by atoms with Gasteiger partial charge in [-0.3, -0.25) is 4.79 Å². The number of aryl methyl sites for hydroxylation is 2. The predicted octanol–water partition coefficient (Wildman–Crippen LogP) is 1.84. The lowest BCUT2D eigenvalue weighted by molar-refractivity contribution is -0.389. The molecule has 0 aromatic carbocycles. The van der Waals surface area contributed by atoms with Crippen molar-refractivity contribution in [2.75, 3.05) is 0 Å². The number of hydrazone groups is 1. The van der Waals surface area contributed by atoms with Crippen LogP contribution in [0.1, 0.15) is 17.0 Å². The van der Waals surface area contributed by atoms with Crippen LogP contribution in [0.5, 0.6) is 0 Å². The number of thiophene rings is 1. The van der Waals surface area contributed by atoms with Gasteiger partial charge in [-0.05, 0) is 24.0 Å². The van der Waals surface area contributed by atoms with E-state index in [9.17, 15) is 19.3 Å². The second-order valence-corrected chi connectivity index (χ2v) is 5.37. The molecular formula is C12H12FN5O3S. The first kappa shape index (κ1) is 15.8. The SMILES string of the molecule is Cc1cc([N+](=O)[O-])nn1CCC(=O)N/N=C/c1ccc(F)s1. The van der Waals surface area contributed by atoms with Crippen LogP contribution in [0.25, 0.3) is 0 Å². The van der Waals surface area contributed by atoms with E-state index in [0.717, 1.165) is 11.3 Å². The largest absolute Gasteiger partial charge is 0.390 e. The van der Waals surface area contributed by atoms with Gasteiger partial charge in [0.1, 0.15) is 0 Å². The Balaban J connectivity index is 1.82. The van der Waals surface area contributed by atoms with Gasteiger partial charge in [-0.2, -0.15) is 14.2 Å². The van der Waals surface area contributed by atoms with Crippen molar-refractivity contribution in [3.8, 4) is 0 Å². The third kappa shape index (κ3) is 4.19. The number of hydrogen-bond donors (Lipinski definition) is 1. The van der Waals surface area contributed by atoms with E-state index in [1.54, 1.807) is 13.0 Å². The van der Waals surface area contributed by atoms with Crippen LogP contribution in [0.3, 0.4) is 0 Å². The molecule has 8 nitrogen and oxygen atoms in total. The number of nitrogens with zero attached hydrogens (tertiary/aromatic N) is 4. The standard InChI is InChI=1S/C12H12FN5O3S/c1-8-6-11(18(20)21)16-17(8)5-4-12(19)15-14-7-9-2-3-10(13)22-9/h2-3,6-7H,4-5H2,1H3,(H,15,19)/b14-7+. The van der Waals surface area contributed by atoms with Crippen molar-refractivity contribution in [3.63, 3.8) is 0 Å². The van der Waals surface area contributed by atoms with Gasteiger partial charge in [0.05, 0.1) is 34.5 Å². The molecule has 0 spiro atoms. The maximum Gasteiger partial charge on any atom is 0.390 e. The Morgan fingerprint density at radius 1 is 1.64 bits per heavy atom. The first-order valence-corrected chi connectivity index (χ1v) is 7.03. The molecule has 2 heterocycles. The maximum atomic E-state index is 12.7. The second kappa shape index (κ2) is 6.89. The second-order valence-electron chi connectivity index (χ2n) is 4.31. The summed E-state index contributed by atoms with van der Waals surface area (Å²) in [5.41, 5.74) is 2.89. The first-order valence-electron chi connectivity index (χ1n) is 6.22. The van der Waals surface area contributed by atoms with Gasteiger partial charge in [-0.1, -0.05) is 0 Å². The molecule has 22 heavy (non-hydrogen) atoms. The van der Waals surface area contributed by atoms with Gasteiger partial charge in [0, 0.05) is 6.42 Å². The summed E-state index contributed by atoms with van der Waals surface area (Å²) in [7, 11) is 0. The molecule has 0 fully saturated rings. The molecule has 0 aliphatic carbocycles. The first-order chi connectivity index (χ1) is 10.5. The number of amides is 1. The molecule has 0 aliphatic heterocycles. The highest BCUT2D eigenvalue weighted by molar-refractivity contribution is 7.12. The van der Waals surface area contributed by atoms with Gasteiger partial charge >= 0.3 is 5.82 Å². The fraction of sp³-hybridized carbons (Fsp3) is 0.250. The van der Waals surface area contributed by atoms with E-state index in [0.29, 0.717) is 10.6 Å². The number of carbonyl (C=O) groups excluding carboxylic acids is 1. The fourth-order valence-corrected chi connectivity index (χ4v) is 2.24. The zero-order valence-electron chi connectivity index (χ0n) is 11.5. The fourth-order valence-electron chi connectivity index (χ4n) is 1.64. The molecule has 0 bridgehead atoms. The molecule has 0 saturated carbocycles. The van der Waals surface area contributed by atoms with E-state index < -0.39 is 4.92 Å². The van der Waals surface area contributed by atoms with E-state index >= 15 is 0 Å². The van der Waals surface area contributed by atoms with Crippen molar-refractivity contribution in [2.24, 2.45) is 5.10 Å². The van der Waals surface area contributed by atoms with E-state index in [1.165, 1.54) is 23.0 Å². The van der Waals surface area contributed by atoms with Crippen LogP contribution < -0.4 is 5.43 Å².